The van der Waals surface area contributed by atoms with E-state index in [0.29, 0.717) is 5.92 Å². The Labute approximate surface area is 167 Å². The fourth-order valence-electron chi connectivity index (χ4n) is 6.82. The van der Waals surface area contributed by atoms with E-state index in [-0.39, 0.29) is 17.0 Å². The lowest BCUT2D eigenvalue weighted by molar-refractivity contribution is -0.0347. The van der Waals surface area contributed by atoms with Crippen LogP contribution in [0.25, 0.3) is 0 Å². The summed E-state index contributed by atoms with van der Waals surface area (Å²) < 4.78 is 0. The summed E-state index contributed by atoms with van der Waals surface area (Å²) in [5.41, 5.74) is 0.910. The molecule has 0 radical (unpaired) electrons. The molecular formula is C23H33N3O2. The van der Waals surface area contributed by atoms with Gasteiger partial charge in [-0.2, -0.15) is 0 Å². The summed E-state index contributed by atoms with van der Waals surface area (Å²) in [6, 6.07) is 3.62. The van der Waals surface area contributed by atoms with Crippen molar-refractivity contribution in [2.75, 3.05) is 19.6 Å². The van der Waals surface area contributed by atoms with Crippen LogP contribution in [0.4, 0.5) is 0 Å². The van der Waals surface area contributed by atoms with E-state index in [9.17, 15) is 9.59 Å². The van der Waals surface area contributed by atoms with E-state index >= 15 is 0 Å². The van der Waals surface area contributed by atoms with Crippen molar-refractivity contribution in [2.24, 2.45) is 29.6 Å². The molecule has 5 heteroatoms. The Morgan fingerprint density at radius 1 is 1.00 bits per heavy atom. The zero-order valence-corrected chi connectivity index (χ0v) is 16.8. The lowest BCUT2D eigenvalue weighted by Gasteiger charge is -2.54. The smallest absolute Gasteiger partial charge is 0.261 e. The van der Waals surface area contributed by atoms with Crippen molar-refractivity contribution in [1.29, 1.82) is 0 Å². The molecule has 2 N–H and O–H groups in total. The third kappa shape index (κ3) is 3.66. The number of carbonyl (C=O) groups is 1. The molecule has 4 saturated carbocycles. The van der Waals surface area contributed by atoms with Crippen molar-refractivity contribution < 1.29 is 4.79 Å². The number of pyridine rings is 1. The largest absolute Gasteiger partial charge is 0.352 e. The van der Waals surface area contributed by atoms with E-state index in [4.69, 9.17) is 0 Å². The number of amides is 1. The summed E-state index contributed by atoms with van der Waals surface area (Å²) in [5, 5.41) is 3.10. The monoisotopic (exact) mass is 383 g/mol. The van der Waals surface area contributed by atoms with Gasteiger partial charge in [-0.05, 0) is 99.8 Å². The molecule has 0 atom stereocenters. The molecule has 1 saturated heterocycles. The van der Waals surface area contributed by atoms with Crippen LogP contribution in [0.3, 0.4) is 0 Å². The number of hydrogen-bond acceptors (Lipinski definition) is 3. The van der Waals surface area contributed by atoms with E-state index < -0.39 is 0 Å². The maximum atomic E-state index is 12.7. The van der Waals surface area contributed by atoms with E-state index in [0.717, 1.165) is 55.5 Å². The molecular weight excluding hydrogens is 350 g/mol. The number of H-pyrrole nitrogens is 1. The van der Waals surface area contributed by atoms with Gasteiger partial charge in [0.1, 0.15) is 5.56 Å². The molecule has 5 nitrogen and oxygen atoms in total. The minimum Gasteiger partial charge on any atom is -0.352 e. The van der Waals surface area contributed by atoms with E-state index in [2.05, 4.69) is 15.2 Å². The first-order valence-electron chi connectivity index (χ1n) is 11.4. The molecule has 4 bridgehead atoms. The second-order valence-electron chi connectivity index (χ2n) is 9.87. The van der Waals surface area contributed by atoms with Crippen LogP contribution in [0.5, 0.6) is 0 Å². The molecule has 1 aromatic rings. The minimum absolute atomic E-state index is 0.209. The summed E-state index contributed by atoms with van der Waals surface area (Å²) in [7, 11) is 0. The SMILES string of the molecule is O=C(NCC1C2CC3CC(C2)CC1C3)c1ccc(CN2CCCCC2)[nH]c1=O. The molecule has 5 fully saturated rings. The lowest BCUT2D eigenvalue weighted by atomic mass is 9.52. The molecule has 1 amide bonds. The van der Waals surface area contributed by atoms with Crippen LogP contribution in [0, 0.1) is 29.6 Å². The maximum Gasteiger partial charge on any atom is 0.261 e. The van der Waals surface area contributed by atoms with Gasteiger partial charge in [0.05, 0.1) is 0 Å². The van der Waals surface area contributed by atoms with Gasteiger partial charge in [-0.25, -0.2) is 0 Å². The van der Waals surface area contributed by atoms with Crippen LogP contribution in [0.15, 0.2) is 16.9 Å². The molecule has 1 aliphatic heterocycles. The first-order valence-corrected chi connectivity index (χ1v) is 11.4. The number of aromatic nitrogens is 1. The van der Waals surface area contributed by atoms with Crippen LogP contribution in [0.2, 0.25) is 0 Å². The van der Waals surface area contributed by atoms with Crippen LogP contribution in [0.1, 0.15) is 67.4 Å². The number of likely N-dealkylation sites (tertiary alicyclic amines) is 1. The second-order valence-corrected chi connectivity index (χ2v) is 9.87. The van der Waals surface area contributed by atoms with Crippen molar-refractivity contribution in [3.63, 3.8) is 0 Å². The topological polar surface area (TPSA) is 65.2 Å². The van der Waals surface area contributed by atoms with Crippen molar-refractivity contribution in [3.05, 3.63) is 33.7 Å². The highest BCUT2D eigenvalue weighted by Gasteiger charge is 2.47. The molecule has 0 unspecified atom stereocenters. The average Bonchev–Trinajstić information content (AvgIpc) is 2.67. The lowest BCUT2D eigenvalue weighted by Crippen LogP contribution is -2.49. The van der Waals surface area contributed by atoms with Gasteiger partial charge >= 0.3 is 0 Å². The van der Waals surface area contributed by atoms with Crippen molar-refractivity contribution in [1.82, 2.24) is 15.2 Å². The zero-order valence-electron chi connectivity index (χ0n) is 16.8. The molecule has 1 aromatic heterocycles. The Morgan fingerprint density at radius 2 is 1.68 bits per heavy atom. The summed E-state index contributed by atoms with van der Waals surface area (Å²) in [5.74, 6) is 3.90. The second kappa shape index (κ2) is 7.66. The Hall–Kier alpha value is -1.62. The van der Waals surface area contributed by atoms with Crippen LogP contribution >= 0.6 is 0 Å². The molecule has 4 aliphatic carbocycles. The van der Waals surface area contributed by atoms with Crippen molar-refractivity contribution in [2.45, 2.75) is 57.9 Å². The van der Waals surface area contributed by atoms with Gasteiger partial charge in [-0.1, -0.05) is 6.42 Å². The predicted molar refractivity (Wildman–Crippen MR) is 109 cm³/mol. The Kier molecular flexibility index (Phi) is 5.04. The van der Waals surface area contributed by atoms with E-state index in [1.807, 2.05) is 6.07 Å². The van der Waals surface area contributed by atoms with Crippen molar-refractivity contribution >= 4 is 5.91 Å². The summed E-state index contributed by atoms with van der Waals surface area (Å²) in [4.78, 5) is 30.5. The fraction of sp³-hybridized carbons (Fsp3) is 0.739. The number of rotatable bonds is 5. The molecule has 0 spiro atoms. The standard InChI is InChI=1S/C23H33N3O2/c27-22(24-13-21-17-9-15-8-16(11-17)12-18(21)10-15)20-5-4-19(25-23(20)28)14-26-6-2-1-3-7-26/h4-5,15-18,21H,1-3,6-14H2,(H,24,27)(H,25,28). The third-order valence-electron chi connectivity index (χ3n) is 7.98. The first kappa shape index (κ1) is 18.4. The van der Waals surface area contributed by atoms with Gasteiger partial charge in [0.15, 0.2) is 0 Å². The number of hydrogen-bond donors (Lipinski definition) is 2. The molecule has 6 rings (SSSR count). The van der Waals surface area contributed by atoms with Gasteiger partial charge in [-0.15, -0.1) is 0 Å². The van der Waals surface area contributed by atoms with Gasteiger partial charge in [0.2, 0.25) is 0 Å². The highest BCUT2D eigenvalue weighted by Crippen LogP contribution is 2.56. The molecule has 2 heterocycles. The van der Waals surface area contributed by atoms with Crippen LogP contribution in [-0.4, -0.2) is 35.4 Å². The Morgan fingerprint density at radius 3 is 2.32 bits per heavy atom. The average molecular weight is 384 g/mol. The van der Waals surface area contributed by atoms with E-state index in [1.165, 1.54) is 51.4 Å². The highest BCUT2D eigenvalue weighted by molar-refractivity contribution is 5.93. The quantitative estimate of drug-likeness (QED) is 0.821. The van der Waals surface area contributed by atoms with Gasteiger partial charge < -0.3 is 10.3 Å². The fourth-order valence-corrected chi connectivity index (χ4v) is 6.82. The normalized spacial score (nSPS) is 34.5. The van der Waals surface area contributed by atoms with E-state index in [1.54, 1.807) is 6.07 Å². The number of aromatic amines is 1. The molecule has 152 valence electrons. The first-order chi connectivity index (χ1) is 13.7. The third-order valence-corrected chi connectivity index (χ3v) is 7.98. The summed E-state index contributed by atoms with van der Waals surface area (Å²) in [6.45, 7) is 3.69. The van der Waals surface area contributed by atoms with Crippen LogP contribution in [-0.2, 0) is 6.54 Å². The van der Waals surface area contributed by atoms with Gasteiger partial charge in [0.25, 0.3) is 11.5 Å². The minimum atomic E-state index is -0.253. The summed E-state index contributed by atoms with van der Waals surface area (Å²) >= 11 is 0. The zero-order chi connectivity index (χ0) is 19.1. The number of nitrogens with zero attached hydrogens (tertiary/aromatic N) is 1. The number of nitrogens with one attached hydrogen (secondary N) is 2. The van der Waals surface area contributed by atoms with Crippen molar-refractivity contribution in [3.8, 4) is 0 Å². The maximum absolute atomic E-state index is 12.7. The number of carbonyl (C=O) groups excluding carboxylic acids is 1. The number of piperidine rings is 1. The molecule has 5 aliphatic rings. The predicted octanol–water partition coefficient (Wildman–Crippen LogP) is 3.16. The molecule has 28 heavy (non-hydrogen) atoms. The van der Waals surface area contributed by atoms with Gasteiger partial charge in [-0.3, -0.25) is 14.5 Å². The Balaban J connectivity index is 1.19. The van der Waals surface area contributed by atoms with Crippen LogP contribution < -0.4 is 10.9 Å². The molecule has 0 aromatic carbocycles. The highest BCUT2D eigenvalue weighted by atomic mass is 16.2. The summed E-state index contributed by atoms with van der Waals surface area (Å²) in [6.07, 6.45) is 10.7. The van der Waals surface area contributed by atoms with Gasteiger partial charge in [0, 0.05) is 18.8 Å². The Bertz CT molecular complexity index is 752.